The van der Waals surface area contributed by atoms with Gasteiger partial charge in [-0.05, 0) is 29.8 Å². The Kier molecular flexibility index (Phi) is 4.27. The Morgan fingerprint density at radius 1 is 1.00 bits per heavy atom. The number of rotatable bonds is 4. The number of para-hydroxylation sites is 1. The largest absolute Gasteiger partial charge is 0.418 e. The second kappa shape index (κ2) is 5.84. The number of anilines is 1. The maximum atomic E-state index is 12.9. The van der Waals surface area contributed by atoms with Crippen molar-refractivity contribution in [2.24, 2.45) is 0 Å². The lowest BCUT2D eigenvalue weighted by atomic mass is 10.2. The Morgan fingerprint density at radius 2 is 1.59 bits per heavy atom. The van der Waals surface area contributed by atoms with Gasteiger partial charge in [0.15, 0.2) is 0 Å². The number of hydrogen-bond donors (Lipinski definition) is 1. The van der Waals surface area contributed by atoms with Gasteiger partial charge in [-0.25, -0.2) is 8.42 Å². The predicted octanol–water partition coefficient (Wildman–Crippen LogP) is 4.15. The minimum atomic E-state index is -4.65. The highest BCUT2D eigenvalue weighted by Gasteiger charge is 2.34. The molecule has 0 fully saturated rings. The molecular weight excluding hydrogens is 315 g/mol. The number of sulfonamides is 1. The molecule has 2 aromatic rings. The first-order valence-corrected chi connectivity index (χ1v) is 7.64. The summed E-state index contributed by atoms with van der Waals surface area (Å²) < 4.78 is 65.0. The van der Waals surface area contributed by atoms with E-state index < -0.39 is 27.5 Å². The fourth-order valence-electron chi connectivity index (χ4n) is 1.81. The van der Waals surface area contributed by atoms with E-state index in [1.807, 2.05) is 4.72 Å². The highest BCUT2D eigenvalue weighted by molar-refractivity contribution is 7.92. The Labute approximate surface area is 126 Å². The Morgan fingerprint density at radius 3 is 2.14 bits per heavy atom. The molecule has 22 heavy (non-hydrogen) atoms. The van der Waals surface area contributed by atoms with E-state index in [0.717, 1.165) is 12.1 Å². The van der Waals surface area contributed by atoms with Crippen LogP contribution in [0.1, 0.15) is 11.1 Å². The molecule has 0 aromatic heterocycles. The Hall–Kier alpha value is -2.28. The summed E-state index contributed by atoms with van der Waals surface area (Å²) >= 11 is 0. The van der Waals surface area contributed by atoms with E-state index >= 15 is 0 Å². The van der Waals surface area contributed by atoms with E-state index in [-0.39, 0.29) is 4.90 Å². The van der Waals surface area contributed by atoms with Gasteiger partial charge in [0.2, 0.25) is 0 Å². The number of hydrogen-bond acceptors (Lipinski definition) is 2. The van der Waals surface area contributed by atoms with E-state index in [0.29, 0.717) is 5.56 Å². The third-order valence-corrected chi connectivity index (χ3v) is 4.28. The molecule has 0 unspecified atom stereocenters. The van der Waals surface area contributed by atoms with E-state index in [1.54, 1.807) is 0 Å². The second-order valence-corrected chi connectivity index (χ2v) is 6.10. The van der Waals surface area contributed by atoms with Crippen molar-refractivity contribution in [3.63, 3.8) is 0 Å². The highest BCUT2D eigenvalue weighted by Crippen LogP contribution is 2.35. The summed E-state index contributed by atoms with van der Waals surface area (Å²) in [6.07, 6.45) is -3.12. The van der Waals surface area contributed by atoms with Crippen LogP contribution in [0.15, 0.2) is 60.0 Å². The van der Waals surface area contributed by atoms with Crippen LogP contribution in [-0.4, -0.2) is 8.42 Å². The molecule has 0 atom stereocenters. The molecule has 0 aliphatic carbocycles. The second-order valence-electron chi connectivity index (χ2n) is 4.42. The van der Waals surface area contributed by atoms with Crippen LogP contribution in [0.4, 0.5) is 18.9 Å². The van der Waals surface area contributed by atoms with E-state index in [9.17, 15) is 21.6 Å². The third kappa shape index (κ3) is 3.48. The molecule has 0 amide bonds. The molecule has 3 nitrogen and oxygen atoms in total. The van der Waals surface area contributed by atoms with Crippen LogP contribution in [0, 0.1) is 0 Å². The van der Waals surface area contributed by atoms with Gasteiger partial charge in [-0.15, -0.1) is 0 Å². The highest BCUT2D eigenvalue weighted by atomic mass is 32.2. The van der Waals surface area contributed by atoms with Crippen molar-refractivity contribution in [1.82, 2.24) is 0 Å². The minimum absolute atomic E-state index is 0.130. The summed E-state index contributed by atoms with van der Waals surface area (Å²) in [6, 6.07) is 10.0. The molecule has 0 heterocycles. The van der Waals surface area contributed by atoms with E-state index in [4.69, 9.17) is 0 Å². The van der Waals surface area contributed by atoms with Crippen molar-refractivity contribution in [2.45, 2.75) is 11.1 Å². The van der Waals surface area contributed by atoms with Crippen molar-refractivity contribution < 1.29 is 21.6 Å². The van der Waals surface area contributed by atoms with Crippen LogP contribution in [-0.2, 0) is 16.2 Å². The van der Waals surface area contributed by atoms with Crippen molar-refractivity contribution in [3.8, 4) is 0 Å². The summed E-state index contributed by atoms with van der Waals surface area (Å²) in [5.74, 6) is 0. The predicted molar refractivity (Wildman–Crippen MR) is 78.8 cm³/mol. The molecular formula is C15H12F3NO2S. The van der Waals surface area contributed by atoms with Crippen molar-refractivity contribution in [3.05, 3.63) is 66.2 Å². The summed E-state index contributed by atoms with van der Waals surface area (Å²) in [7, 11) is -4.11. The minimum Gasteiger partial charge on any atom is -0.279 e. The van der Waals surface area contributed by atoms with Gasteiger partial charge in [-0.2, -0.15) is 13.2 Å². The molecule has 0 aliphatic heterocycles. The zero-order chi connectivity index (χ0) is 16.4. The maximum Gasteiger partial charge on any atom is 0.418 e. The van der Waals surface area contributed by atoms with Crippen molar-refractivity contribution >= 4 is 21.8 Å². The van der Waals surface area contributed by atoms with Crippen LogP contribution in [0.2, 0.25) is 0 Å². The lowest BCUT2D eigenvalue weighted by Gasteiger charge is -2.14. The fourth-order valence-corrected chi connectivity index (χ4v) is 2.89. The summed E-state index contributed by atoms with van der Waals surface area (Å²) in [4.78, 5) is -0.130. The number of alkyl halides is 3. The zero-order valence-corrected chi connectivity index (χ0v) is 12.1. The SMILES string of the molecule is C=Cc1ccc(S(=O)(=O)Nc2ccccc2C(F)(F)F)cc1. The Bertz CT molecular complexity index is 781. The topological polar surface area (TPSA) is 46.2 Å². The van der Waals surface area contributed by atoms with Crippen LogP contribution < -0.4 is 4.72 Å². The van der Waals surface area contributed by atoms with Crippen molar-refractivity contribution in [1.29, 1.82) is 0 Å². The van der Waals surface area contributed by atoms with Gasteiger partial charge < -0.3 is 0 Å². The molecule has 7 heteroatoms. The number of nitrogens with one attached hydrogen (secondary N) is 1. The molecule has 0 radical (unpaired) electrons. The molecule has 0 saturated heterocycles. The molecule has 116 valence electrons. The van der Waals surface area contributed by atoms with E-state index in [2.05, 4.69) is 6.58 Å². The van der Waals surface area contributed by atoms with Gasteiger partial charge in [-0.1, -0.05) is 36.9 Å². The van der Waals surface area contributed by atoms with Crippen molar-refractivity contribution in [2.75, 3.05) is 4.72 Å². The molecule has 2 aromatic carbocycles. The number of benzene rings is 2. The molecule has 0 bridgehead atoms. The third-order valence-electron chi connectivity index (χ3n) is 2.90. The van der Waals surface area contributed by atoms with Gasteiger partial charge in [0.25, 0.3) is 10.0 Å². The first-order chi connectivity index (χ1) is 10.2. The van der Waals surface area contributed by atoms with Crippen LogP contribution in [0.5, 0.6) is 0 Å². The zero-order valence-electron chi connectivity index (χ0n) is 11.3. The summed E-state index contributed by atoms with van der Waals surface area (Å²) in [5, 5.41) is 0. The van der Waals surface area contributed by atoms with Gasteiger partial charge in [0, 0.05) is 0 Å². The lowest BCUT2D eigenvalue weighted by molar-refractivity contribution is -0.136. The van der Waals surface area contributed by atoms with Crippen LogP contribution in [0.3, 0.4) is 0 Å². The summed E-state index contributed by atoms with van der Waals surface area (Å²) in [6.45, 7) is 3.54. The van der Waals surface area contributed by atoms with Crippen LogP contribution in [0.25, 0.3) is 6.08 Å². The van der Waals surface area contributed by atoms with Gasteiger partial charge in [-0.3, -0.25) is 4.72 Å². The molecule has 0 aliphatic rings. The first-order valence-electron chi connectivity index (χ1n) is 6.15. The normalized spacial score (nSPS) is 12.0. The monoisotopic (exact) mass is 327 g/mol. The maximum absolute atomic E-state index is 12.9. The number of halogens is 3. The average Bonchev–Trinajstić information content (AvgIpc) is 2.46. The first kappa shape index (κ1) is 16.1. The smallest absolute Gasteiger partial charge is 0.279 e. The quantitative estimate of drug-likeness (QED) is 0.917. The summed E-state index contributed by atoms with van der Waals surface area (Å²) in [5.41, 5.74) is -0.848. The van der Waals surface area contributed by atoms with Gasteiger partial charge in [0.1, 0.15) is 0 Å². The molecule has 0 saturated carbocycles. The average molecular weight is 327 g/mol. The van der Waals surface area contributed by atoms with E-state index in [1.165, 1.54) is 42.5 Å². The van der Waals surface area contributed by atoms with Crippen LogP contribution >= 0.6 is 0 Å². The van der Waals surface area contributed by atoms with Gasteiger partial charge in [0.05, 0.1) is 16.1 Å². The molecule has 2 rings (SSSR count). The lowest BCUT2D eigenvalue weighted by Crippen LogP contribution is -2.17. The Balaban J connectivity index is 2.39. The van der Waals surface area contributed by atoms with Gasteiger partial charge >= 0.3 is 6.18 Å². The standard InChI is InChI=1S/C15H12F3NO2S/c1-2-11-7-9-12(10-8-11)22(20,21)19-14-6-4-3-5-13(14)15(16,17)18/h2-10,19H,1H2. The molecule has 0 spiro atoms. The fraction of sp³-hybridized carbons (Fsp3) is 0.0667. The molecule has 1 N–H and O–H groups in total.